The van der Waals surface area contributed by atoms with Gasteiger partial charge in [0, 0.05) is 22.4 Å². The third kappa shape index (κ3) is 2.28. The summed E-state index contributed by atoms with van der Waals surface area (Å²) in [6.45, 7) is 4.36. The molecule has 0 bridgehead atoms. The molecule has 2 atom stereocenters. The molecule has 2 N–H and O–H groups in total. The minimum atomic E-state index is 0.103. The highest BCUT2D eigenvalue weighted by atomic mass is 79.9. The number of hydrogen-bond donors (Lipinski definition) is 1. The summed E-state index contributed by atoms with van der Waals surface area (Å²) in [5.41, 5.74) is 6.27. The fourth-order valence-corrected chi connectivity index (χ4v) is 3.40. The van der Waals surface area contributed by atoms with Crippen LogP contribution in [0.5, 0.6) is 5.75 Å². The van der Waals surface area contributed by atoms with Gasteiger partial charge in [-0.25, -0.2) is 0 Å². The van der Waals surface area contributed by atoms with E-state index in [0.29, 0.717) is 5.02 Å². The molecule has 100 valence electrons. The predicted molar refractivity (Wildman–Crippen MR) is 79.2 cm³/mol. The highest BCUT2D eigenvalue weighted by molar-refractivity contribution is 9.10. The normalized spacial score (nSPS) is 25.6. The van der Waals surface area contributed by atoms with E-state index >= 15 is 0 Å². The van der Waals surface area contributed by atoms with E-state index in [4.69, 9.17) is 22.1 Å². The summed E-state index contributed by atoms with van der Waals surface area (Å²) in [7, 11) is 0. The fraction of sp³-hybridized carbons (Fsp3) is 0.571. The van der Waals surface area contributed by atoms with Crippen LogP contribution in [0.25, 0.3) is 0 Å². The predicted octanol–water partition coefficient (Wildman–Crippen LogP) is 4.39. The van der Waals surface area contributed by atoms with Crippen LogP contribution in [0.2, 0.25) is 5.02 Å². The van der Waals surface area contributed by atoms with Crippen molar-refractivity contribution in [1.82, 2.24) is 0 Å². The molecule has 0 amide bonds. The van der Waals surface area contributed by atoms with Gasteiger partial charge in [-0.15, -0.1) is 0 Å². The first-order chi connectivity index (χ1) is 8.53. The first-order valence-electron chi connectivity index (χ1n) is 6.40. The topological polar surface area (TPSA) is 35.2 Å². The van der Waals surface area contributed by atoms with Crippen LogP contribution >= 0.6 is 27.5 Å². The van der Waals surface area contributed by atoms with Gasteiger partial charge in [-0.3, -0.25) is 0 Å². The van der Waals surface area contributed by atoms with Crippen molar-refractivity contribution in [2.24, 2.45) is 11.1 Å². The van der Waals surface area contributed by atoms with Crippen molar-refractivity contribution >= 4 is 27.5 Å². The second kappa shape index (κ2) is 5.40. The van der Waals surface area contributed by atoms with Crippen molar-refractivity contribution in [1.29, 1.82) is 0 Å². The standard InChI is InChI=1S/C14H19BrClNO/c1-3-14(4-2)12(17)8-13(14)18-11-7-9(15)5-6-10(11)16/h5-7,12-13H,3-4,8,17H2,1-2H3. The molecular formula is C14H19BrClNO. The lowest BCUT2D eigenvalue weighted by molar-refractivity contribution is -0.0722. The number of nitrogens with two attached hydrogens (primary N) is 1. The molecule has 1 aromatic carbocycles. The van der Waals surface area contributed by atoms with Crippen molar-refractivity contribution in [3.63, 3.8) is 0 Å². The molecule has 0 aromatic heterocycles. The van der Waals surface area contributed by atoms with E-state index in [1.165, 1.54) is 0 Å². The van der Waals surface area contributed by atoms with Crippen molar-refractivity contribution in [2.45, 2.75) is 45.3 Å². The summed E-state index contributed by atoms with van der Waals surface area (Å²) < 4.78 is 7.06. The Balaban J connectivity index is 2.17. The average Bonchev–Trinajstić information content (AvgIpc) is 2.35. The third-order valence-electron chi connectivity index (χ3n) is 4.33. The molecule has 4 heteroatoms. The van der Waals surface area contributed by atoms with Crippen LogP contribution in [0.4, 0.5) is 0 Å². The molecule has 1 saturated carbocycles. The van der Waals surface area contributed by atoms with Crippen LogP contribution in [0, 0.1) is 5.41 Å². The van der Waals surface area contributed by atoms with E-state index < -0.39 is 0 Å². The zero-order valence-electron chi connectivity index (χ0n) is 10.7. The lowest BCUT2D eigenvalue weighted by Gasteiger charge is -2.53. The Kier molecular flexibility index (Phi) is 4.25. The molecule has 0 aliphatic heterocycles. The van der Waals surface area contributed by atoms with Crippen molar-refractivity contribution in [3.8, 4) is 5.75 Å². The number of rotatable bonds is 4. The summed E-state index contributed by atoms with van der Waals surface area (Å²) in [4.78, 5) is 0. The van der Waals surface area contributed by atoms with Crippen molar-refractivity contribution in [3.05, 3.63) is 27.7 Å². The van der Waals surface area contributed by atoms with E-state index in [0.717, 1.165) is 29.5 Å². The summed E-state index contributed by atoms with van der Waals surface area (Å²) in [6.07, 6.45) is 3.17. The zero-order valence-corrected chi connectivity index (χ0v) is 13.1. The van der Waals surface area contributed by atoms with E-state index in [1.807, 2.05) is 18.2 Å². The first kappa shape index (κ1) is 14.2. The monoisotopic (exact) mass is 331 g/mol. The first-order valence-corrected chi connectivity index (χ1v) is 7.58. The van der Waals surface area contributed by atoms with Gasteiger partial charge < -0.3 is 10.5 Å². The molecular weight excluding hydrogens is 314 g/mol. The molecule has 2 rings (SSSR count). The molecule has 0 radical (unpaired) electrons. The molecule has 0 spiro atoms. The average molecular weight is 333 g/mol. The van der Waals surface area contributed by atoms with Gasteiger partial charge in [0.1, 0.15) is 11.9 Å². The quantitative estimate of drug-likeness (QED) is 0.887. The van der Waals surface area contributed by atoms with Gasteiger partial charge in [-0.2, -0.15) is 0 Å². The second-order valence-electron chi connectivity index (χ2n) is 4.96. The van der Waals surface area contributed by atoms with Gasteiger partial charge in [0.05, 0.1) is 5.02 Å². The maximum absolute atomic E-state index is 6.17. The molecule has 0 saturated heterocycles. The van der Waals surface area contributed by atoms with Crippen molar-refractivity contribution < 1.29 is 4.74 Å². The maximum atomic E-state index is 6.17. The smallest absolute Gasteiger partial charge is 0.139 e. The molecule has 1 aromatic rings. The molecule has 2 nitrogen and oxygen atoms in total. The molecule has 0 heterocycles. The Morgan fingerprint density at radius 3 is 2.67 bits per heavy atom. The highest BCUT2D eigenvalue weighted by Gasteiger charge is 2.52. The summed E-state index contributed by atoms with van der Waals surface area (Å²) in [6, 6.07) is 5.92. The molecule has 18 heavy (non-hydrogen) atoms. The Hall–Kier alpha value is -0.250. The molecule has 2 unspecified atom stereocenters. The van der Waals surface area contributed by atoms with Gasteiger partial charge in [-0.05, 0) is 31.0 Å². The lowest BCUT2D eigenvalue weighted by Crippen LogP contribution is -2.62. The molecule has 1 fully saturated rings. The second-order valence-corrected chi connectivity index (χ2v) is 6.29. The number of ether oxygens (including phenoxy) is 1. The Labute approximate surface area is 122 Å². The lowest BCUT2D eigenvalue weighted by atomic mass is 9.59. The van der Waals surface area contributed by atoms with Crippen LogP contribution < -0.4 is 10.5 Å². The van der Waals surface area contributed by atoms with Gasteiger partial charge in [-0.1, -0.05) is 41.4 Å². The van der Waals surface area contributed by atoms with E-state index in [-0.39, 0.29) is 17.6 Å². The summed E-state index contributed by atoms with van der Waals surface area (Å²) in [5, 5.41) is 0.653. The highest BCUT2D eigenvalue weighted by Crippen LogP contribution is 2.48. The SMILES string of the molecule is CCC1(CC)C(N)CC1Oc1cc(Br)ccc1Cl. The van der Waals surface area contributed by atoms with Gasteiger partial charge in [0.25, 0.3) is 0 Å². The summed E-state index contributed by atoms with van der Waals surface area (Å²) >= 11 is 9.60. The molecule has 1 aliphatic rings. The third-order valence-corrected chi connectivity index (χ3v) is 5.13. The largest absolute Gasteiger partial charge is 0.488 e. The minimum Gasteiger partial charge on any atom is -0.488 e. The van der Waals surface area contributed by atoms with Crippen LogP contribution in [0.1, 0.15) is 33.1 Å². The maximum Gasteiger partial charge on any atom is 0.139 e. The van der Waals surface area contributed by atoms with E-state index in [2.05, 4.69) is 29.8 Å². The number of halogens is 2. The zero-order chi connectivity index (χ0) is 13.3. The van der Waals surface area contributed by atoms with Gasteiger partial charge in [0.15, 0.2) is 0 Å². The van der Waals surface area contributed by atoms with Gasteiger partial charge >= 0.3 is 0 Å². The van der Waals surface area contributed by atoms with Crippen LogP contribution in [0.15, 0.2) is 22.7 Å². The van der Waals surface area contributed by atoms with E-state index in [1.54, 1.807) is 0 Å². The van der Waals surface area contributed by atoms with E-state index in [9.17, 15) is 0 Å². The number of hydrogen-bond acceptors (Lipinski definition) is 2. The Bertz CT molecular complexity index is 434. The van der Waals surface area contributed by atoms with Crippen LogP contribution in [-0.4, -0.2) is 12.1 Å². The fourth-order valence-electron chi connectivity index (χ4n) is 2.89. The number of benzene rings is 1. The van der Waals surface area contributed by atoms with Crippen molar-refractivity contribution in [2.75, 3.05) is 0 Å². The van der Waals surface area contributed by atoms with Crippen LogP contribution in [0.3, 0.4) is 0 Å². The van der Waals surface area contributed by atoms with Gasteiger partial charge in [0.2, 0.25) is 0 Å². The molecule has 1 aliphatic carbocycles. The minimum absolute atomic E-state index is 0.103. The van der Waals surface area contributed by atoms with Crippen LogP contribution in [-0.2, 0) is 0 Å². The Morgan fingerprint density at radius 2 is 2.11 bits per heavy atom. The Morgan fingerprint density at radius 1 is 1.44 bits per heavy atom. The summed E-state index contributed by atoms with van der Waals surface area (Å²) in [5.74, 6) is 0.745.